The number of hydrogen-bond donors (Lipinski definition) is 2. The predicted molar refractivity (Wildman–Crippen MR) is 116 cm³/mol. The van der Waals surface area contributed by atoms with Crippen LogP contribution in [-0.4, -0.2) is 38.1 Å². The van der Waals surface area contributed by atoms with Gasteiger partial charge in [-0.1, -0.05) is 6.07 Å². The maximum atomic E-state index is 5.62. The number of nitrogens with one attached hydrogen (secondary N) is 2. The molecule has 4 aromatic rings. The van der Waals surface area contributed by atoms with E-state index in [1.807, 2.05) is 43.3 Å². The molecule has 0 atom stereocenters. The fraction of sp³-hybridized carbons (Fsp3) is 0.136. The Labute approximate surface area is 178 Å². The number of hydrogen-bond acceptors (Lipinski definition) is 9. The van der Waals surface area contributed by atoms with Gasteiger partial charge in [0, 0.05) is 29.8 Å². The Balaban J connectivity index is 1.33. The normalized spacial score (nSPS) is 12.3. The van der Waals surface area contributed by atoms with Crippen LogP contribution < -0.4 is 20.1 Å². The van der Waals surface area contributed by atoms with Gasteiger partial charge in [0.2, 0.25) is 5.95 Å². The largest absolute Gasteiger partial charge is 0.486 e. The second-order valence-corrected chi connectivity index (χ2v) is 6.80. The van der Waals surface area contributed by atoms with Gasteiger partial charge in [-0.2, -0.15) is 4.98 Å². The molecule has 31 heavy (non-hydrogen) atoms. The van der Waals surface area contributed by atoms with E-state index in [9.17, 15) is 0 Å². The lowest BCUT2D eigenvalue weighted by Crippen LogP contribution is -2.15. The van der Waals surface area contributed by atoms with Crippen molar-refractivity contribution in [2.24, 2.45) is 0 Å². The Morgan fingerprint density at radius 3 is 2.45 bits per heavy atom. The average Bonchev–Trinajstić information content (AvgIpc) is 2.79. The molecule has 0 bridgehead atoms. The summed E-state index contributed by atoms with van der Waals surface area (Å²) in [4.78, 5) is 22.1. The number of nitrogens with zero attached hydrogens (tertiary/aromatic N) is 5. The van der Waals surface area contributed by atoms with Gasteiger partial charge in [-0.3, -0.25) is 0 Å². The highest BCUT2D eigenvalue weighted by atomic mass is 16.6. The molecule has 3 aromatic heterocycles. The third-order valence-electron chi connectivity index (χ3n) is 4.48. The Morgan fingerprint density at radius 2 is 1.58 bits per heavy atom. The van der Waals surface area contributed by atoms with E-state index in [2.05, 4.69) is 35.6 Å². The number of ether oxygens (including phenoxy) is 2. The molecule has 0 aliphatic carbocycles. The van der Waals surface area contributed by atoms with Crippen LogP contribution in [0.15, 0.2) is 60.9 Å². The van der Waals surface area contributed by atoms with Crippen molar-refractivity contribution in [3.05, 3.63) is 66.6 Å². The molecule has 0 radical (unpaired) electrons. The van der Waals surface area contributed by atoms with Crippen LogP contribution in [0.2, 0.25) is 0 Å². The number of pyridine rings is 1. The molecule has 0 fully saturated rings. The summed E-state index contributed by atoms with van der Waals surface area (Å²) in [6.45, 7) is 3.02. The monoisotopic (exact) mass is 413 g/mol. The second-order valence-electron chi connectivity index (χ2n) is 6.80. The lowest BCUT2D eigenvalue weighted by Gasteiger charge is -2.19. The van der Waals surface area contributed by atoms with Gasteiger partial charge >= 0.3 is 0 Å². The maximum Gasteiger partial charge on any atom is 0.229 e. The third kappa shape index (κ3) is 4.35. The van der Waals surface area contributed by atoms with Crippen molar-refractivity contribution in [1.82, 2.24) is 24.9 Å². The molecule has 1 aliphatic heterocycles. The van der Waals surface area contributed by atoms with Gasteiger partial charge in [-0.25, -0.2) is 19.9 Å². The summed E-state index contributed by atoms with van der Waals surface area (Å²) in [6.07, 6.45) is 3.35. The van der Waals surface area contributed by atoms with Crippen molar-refractivity contribution in [2.45, 2.75) is 6.92 Å². The van der Waals surface area contributed by atoms with Crippen molar-refractivity contribution in [3.63, 3.8) is 0 Å². The topological polar surface area (TPSA) is 107 Å². The number of anilines is 4. The lowest BCUT2D eigenvalue weighted by molar-refractivity contribution is 0.171. The van der Waals surface area contributed by atoms with Gasteiger partial charge in [0.15, 0.2) is 17.3 Å². The highest BCUT2D eigenvalue weighted by Gasteiger charge is 2.12. The summed E-state index contributed by atoms with van der Waals surface area (Å²) in [5.74, 6) is 3.61. The highest BCUT2D eigenvalue weighted by molar-refractivity contribution is 5.62. The van der Waals surface area contributed by atoms with Gasteiger partial charge in [0.25, 0.3) is 0 Å². The van der Waals surface area contributed by atoms with Crippen LogP contribution in [0.1, 0.15) is 5.69 Å². The molecule has 0 saturated heterocycles. The number of aromatic nitrogens is 5. The fourth-order valence-corrected chi connectivity index (χ4v) is 3.09. The SMILES string of the molecule is Cc1cccc(-c2nccc(Nc3ccnc(Nc4ccc5c(c4)OCCO5)n3)n2)n1. The van der Waals surface area contributed by atoms with Gasteiger partial charge in [-0.05, 0) is 43.3 Å². The van der Waals surface area contributed by atoms with E-state index in [1.165, 1.54) is 0 Å². The second kappa shape index (κ2) is 8.23. The maximum absolute atomic E-state index is 5.62. The van der Waals surface area contributed by atoms with Crippen LogP contribution in [-0.2, 0) is 0 Å². The summed E-state index contributed by atoms with van der Waals surface area (Å²) >= 11 is 0. The zero-order valence-electron chi connectivity index (χ0n) is 16.7. The van der Waals surface area contributed by atoms with E-state index >= 15 is 0 Å². The molecule has 9 heteroatoms. The number of fused-ring (bicyclic) bond motifs is 1. The zero-order chi connectivity index (χ0) is 21.0. The Bertz CT molecular complexity index is 1230. The first kappa shape index (κ1) is 18.7. The summed E-state index contributed by atoms with van der Waals surface area (Å²) in [6, 6.07) is 14.9. The van der Waals surface area contributed by atoms with Gasteiger partial charge in [-0.15, -0.1) is 0 Å². The van der Waals surface area contributed by atoms with E-state index in [1.54, 1.807) is 24.5 Å². The first-order valence-electron chi connectivity index (χ1n) is 9.77. The molecule has 9 nitrogen and oxygen atoms in total. The van der Waals surface area contributed by atoms with Crippen LogP contribution in [0.25, 0.3) is 11.5 Å². The molecule has 154 valence electrons. The van der Waals surface area contributed by atoms with Crippen LogP contribution in [0.4, 0.5) is 23.3 Å². The number of aryl methyl sites for hydroxylation is 1. The molecule has 1 aliphatic rings. The quantitative estimate of drug-likeness (QED) is 0.504. The standard InChI is InChI=1S/C22H19N7O2/c1-14-3-2-4-16(25-14)21-23-9-7-19(28-21)27-20-8-10-24-22(29-20)26-15-5-6-17-18(13-15)31-12-11-30-17/h2-10,13H,11-12H2,1H3,(H2,23,24,26,27,28,29). The highest BCUT2D eigenvalue weighted by Crippen LogP contribution is 2.33. The van der Waals surface area contributed by atoms with Crippen molar-refractivity contribution in [1.29, 1.82) is 0 Å². The van der Waals surface area contributed by atoms with Gasteiger partial charge in [0.1, 0.15) is 30.5 Å². The van der Waals surface area contributed by atoms with E-state index in [-0.39, 0.29) is 0 Å². The molecular formula is C22H19N7O2. The first-order chi connectivity index (χ1) is 15.2. The lowest BCUT2D eigenvalue weighted by atomic mass is 10.2. The van der Waals surface area contributed by atoms with Crippen LogP contribution >= 0.6 is 0 Å². The minimum Gasteiger partial charge on any atom is -0.486 e. The first-order valence-corrected chi connectivity index (χ1v) is 9.77. The molecule has 5 rings (SSSR count). The Hall–Kier alpha value is -4.27. The van der Waals surface area contributed by atoms with Crippen LogP contribution in [0.3, 0.4) is 0 Å². The smallest absolute Gasteiger partial charge is 0.229 e. The van der Waals surface area contributed by atoms with E-state index < -0.39 is 0 Å². The number of rotatable bonds is 5. The summed E-state index contributed by atoms with van der Waals surface area (Å²) < 4.78 is 11.2. The van der Waals surface area contributed by atoms with Crippen molar-refractivity contribution in [3.8, 4) is 23.0 Å². The predicted octanol–water partition coefficient (Wildman–Crippen LogP) is 3.90. The molecule has 2 N–H and O–H groups in total. The molecule has 1 aromatic carbocycles. The third-order valence-corrected chi connectivity index (χ3v) is 4.48. The molecule has 0 amide bonds. The van der Waals surface area contributed by atoms with Crippen molar-refractivity contribution in [2.75, 3.05) is 23.8 Å². The zero-order valence-corrected chi connectivity index (χ0v) is 16.7. The van der Waals surface area contributed by atoms with E-state index in [0.29, 0.717) is 48.1 Å². The van der Waals surface area contributed by atoms with Crippen molar-refractivity contribution >= 4 is 23.3 Å². The van der Waals surface area contributed by atoms with E-state index in [0.717, 1.165) is 17.1 Å². The average molecular weight is 413 g/mol. The Kier molecular flexibility index (Phi) is 4.97. The summed E-state index contributed by atoms with van der Waals surface area (Å²) in [5, 5.41) is 6.37. The molecule has 0 unspecified atom stereocenters. The summed E-state index contributed by atoms with van der Waals surface area (Å²) in [7, 11) is 0. The molecule has 4 heterocycles. The minimum atomic E-state index is 0.441. The van der Waals surface area contributed by atoms with Crippen LogP contribution in [0, 0.1) is 6.92 Å². The van der Waals surface area contributed by atoms with Gasteiger partial charge < -0.3 is 20.1 Å². The molecule has 0 saturated carbocycles. The minimum absolute atomic E-state index is 0.441. The number of benzene rings is 1. The fourth-order valence-electron chi connectivity index (χ4n) is 3.09. The Morgan fingerprint density at radius 1 is 0.774 bits per heavy atom. The molecule has 0 spiro atoms. The van der Waals surface area contributed by atoms with Crippen LogP contribution in [0.5, 0.6) is 11.5 Å². The van der Waals surface area contributed by atoms with Crippen molar-refractivity contribution < 1.29 is 9.47 Å². The summed E-state index contributed by atoms with van der Waals surface area (Å²) in [5.41, 5.74) is 2.42. The van der Waals surface area contributed by atoms with Gasteiger partial charge in [0.05, 0.1) is 0 Å². The molecular weight excluding hydrogens is 394 g/mol. The van der Waals surface area contributed by atoms with E-state index in [4.69, 9.17) is 9.47 Å².